The number of hydrogen-bond acceptors (Lipinski definition) is 3. The van der Waals surface area contributed by atoms with Crippen molar-refractivity contribution >= 4 is 34.5 Å². The Morgan fingerprint density at radius 1 is 1.04 bits per heavy atom. The predicted octanol–water partition coefficient (Wildman–Crippen LogP) is 3.36. The molecule has 0 aliphatic carbocycles. The SMILES string of the molecule is NC(=O)C1(N(I)c2ccccc2)CCN(Cc2ccccc2)CC1. The van der Waals surface area contributed by atoms with Crippen LogP contribution in [-0.4, -0.2) is 29.4 Å². The summed E-state index contributed by atoms with van der Waals surface area (Å²) in [5.41, 5.74) is 7.54. The quantitative estimate of drug-likeness (QED) is 0.579. The number of hydrogen-bond donors (Lipinski definition) is 1. The minimum Gasteiger partial charge on any atom is -0.368 e. The van der Waals surface area contributed by atoms with Crippen molar-refractivity contribution in [3.63, 3.8) is 0 Å². The second-order valence-corrected chi connectivity index (χ2v) is 7.24. The number of piperidine rings is 1. The van der Waals surface area contributed by atoms with Crippen molar-refractivity contribution in [3.05, 3.63) is 66.2 Å². The molecular formula is C19H22IN3O. The van der Waals surface area contributed by atoms with Gasteiger partial charge in [0.1, 0.15) is 5.54 Å². The van der Waals surface area contributed by atoms with Crippen LogP contribution in [0.15, 0.2) is 60.7 Å². The molecule has 24 heavy (non-hydrogen) atoms. The van der Waals surface area contributed by atoms with Crippen molar-refractivity contribution in [2.75, 3.05) is 16.2 Å². The first-order valence-corrected chi connectivity index (χ1v) is 9.15. The average Bonchev–Trinajstić information content (AvgIpc) is 2.63. The van der Waals surface area contributed by atoms with Gasteiger partial charge in [0.15, 0.2) is 0 Å². The molecule has 0 atom stereocenters. The van der Waals surface area contributed by atoms with E-state index < -0.39 is 5.54 Å². The highest BCUT2D eigenvalue weighted by Gasteiger charge is 2.44. The van der Waals surface area contributed by atoms with Gasteiger partial charge in [0, 0.05) is 25.3 Å². The van der Waals surface area contributed by atoms with E-state index in [0.717, 1.165) is 38.2 Å². The van der Waals surface area contributed by atoms with Crippen molar-refractivity contribution in [2.45, 2.75) is 24.9 Å². The van der Waals surface area contributed by atoms with Crippen LogP contribution in [0.1, 0.15) is 18.4 Å². The lowest BCUT2D eigenvalue weighted by Gasteiger charge is -2.44. The Morgan fingerprint density at radius 2 is 1.58 bits per heavy atom. The van der Waals surface area contributed by atoms with Gasteiger partial charge < -0.3 is 5.73 Å². The predicted molar refractivity (Wildman–Crippen MR) is 106 cm³/mol. The third-order valence-corrected chi connectivity index (χ3v) is 6.23. The van der Waals surface area contributed by atoms with Crippen LogP contribution in [0.25, 0.3) is 0 Å². The molecule has 0 spiro atoms. The number of carbonyl (C=O) groups excluding carboxylic acids is 1. The standard InChI is InChI=1S/C19H22IN3O/c20-23(17-9-5-2-6-10-17)19(18(21)24)11-13-22(14-12-19)15-16-7-3-1-4-8-16/h1-10H,11-15H2,(H2,21,24). The number of anilines is 1. The van der Waals surface area contributed by atoms with Crippen molar-refractivity contribution in [1.82, 2.24) is 4.90 Å². The smallest absolute Gasteiger partial charge is 0.244 e. The topological polar surface area (TPSA) is 49.6 Å². The molecule has 0 radical (unpaired) electrons. The number of rotatable bonds is 5. The molecule has 2 aromatic carbocycles. The lowest BCUT2D eigenvalue weighted by Crippen LogP contribution is -2.59. The summed E-state index contributed by atoms with van der Waals surface area (Å²) in [7, 11) is 0. The first-order chi connectivity index (χ1) is 11.6. The van der Waals surface area contributed by atoms with Gasteiger partial charge in [-0.3, -0.25) is 12.8 Å². The van der Waals surface area contributed by atoms with Gasteiger partial charge in [-0.25, -0.2) is 0 Å². The second-order valence-electron chi connectivity index (χ2n) is 6.27. The Labute approximate surface area is 157 Å². The van der Waals surface area contributed by atoms with Gasteiger partial charge in [-0.1, -0.05) is 48.5 Å². The van der Waals surface area contributed by atoms with Gasteiger partial charge in [-0.2, -0.15) is 0 Å². The maximum Gasteiger partial charge on any atom is 0.244 e. The summed E-state index contributed by atoms with van der Waals surface area (Å²) >= 11 is 2.24. The van der Waals surface area contributed by atoms with Gasteiger partial charge in [-0.15, -0.1) is 0 Å². The molecule has 0 unspecified atom stereocenters. The monoisotopic (exact) mass is 435 g/mol. The Kier molecular flexibility index (Phi) is 5.40. The number of para-hydroxylation sites is 1. The number of primary amides is 1. The van der Waals surface area contributed by atoms with Gasteiger partial charge in [0.05, 0.1) is 22.9 Å². The minimum atomic E-state index is -0.616. The molecule has 3 rings (SSSR count). The normalized spacial score (nSPS) is 17.4. The summed E-state index contributed by atoms with van der Waals surface area (Å²) in [6.07, 6.45) is 1.49. The zero-order valence-corrected chi connectivity index (χ0v) is 15.7. The van der Waals surface area contributed by atoms with Crippen LogP contribution in [0.3, 0.4) is 0 Å². The Morgan fingerprint density at radius 3 is 2.12 bits per heavy atom. The summed E-state index contributed by atoms with van der Waals surface area (Å²) in [5.74, 6) is -0.236. The number of amides is 1. The lowest BCUT2D eigenvalue weighted by molar-refractivity contribution is -0.124. The third-order valence-electron chi connectivity index (χ3n) is 4.75. The number of carbonyl (C=O) groups is 1. The summed E-state index contributed by atoms with van der Waals surface area (Å²) in [5, 5.41) is 0. The Hall–Kier alpha value is -1.60. The van der Waals surface area contributed by atoms with Crippen molar-refractivity contribution in [1.29, 1.82) is 0 Å². The van der Waals surface area contributed by atoms with Gasteiger partial charge in [0.2, 0.25) is 5.91 Å². The largest absolute Gasteiger partial charge is 0.368 e. The molecule has 126 valence electrons. The number of likely N-dealkylation sites (tertiary alicyclic amines) is 1. The van der Waals surface area contributed by atoms with Crippen LogP contribution in [0.2, 0.25) is 0 Å². The Bertz CT molecular complexity index is 670. The average molecular weight is 435 g/mol. The Balaban J connectivity index is 1.71. The molecule has 1 amide bonds. The minimum absolute atomic E-state index is 0.236. The number of benzene rings is 2. The van der Waals surface area contributed by atoms with Gasteiger partial charge in [0.25, 0.3) is 0 Å². The fraction of sp³-hybridized carbons (Fsp3) is 0.316. The number of nitrogens with zero attached hydrogens (tertiary/aromatic N) is 2. The van der Waals surface area contributed by atoms with E-state index in [-0.39, 0.29) is 5.91 Å². The molecule has 0 saturated carbocycles. The number of halogens is 1. The third kappa shape index (κ3) is 3.57. The summed E-state index contributed by atoms with van der Waals surface area (Å²) < 4.78 is 2.03. The molecule has 4 nitrogen and oxygen atoms in total. The fourth-order valence-electron chi connectivity index (χ4n) is 3.27. The van der Waals surface area contributed by atoms with E-state index in [9.17, 15) is 4.79 Å². The molecule has 0 aromatic heterocycles. The van der Waals surface area contributed by atoms with E-state index in [0.29, 0.717) is 0 Å². The van der Waals surface area contributed by atoms with Crippen molar-refractivity contribution in [3.8, 4) is 0 Å². The highest BCUT2D eigenvalue weighted by atomic mass is 127. The molecule has 2 aromatic rings. The first-order valence-electron chi connectivity index (χ1n) is 8.19. The second kappa shape index (κ2) is 7.53. The summed E-state index contributed by atoms with van der Waals surface area (Å²) in [4.78, 5) is 14.7. The van der Waals surface area contributed by atoms with Crippen molar-refractivity contribution in [2.24, 2.45) is 5.73 Å². The molecule has 5 heteroatoms. The van der Waals surface area contributed by atoms with Gasteiger partial charge >= 0.3 is 0 Å². The summed E-state index contributed by atoms with van der Waals surface area (Å²) in [6.45, 7) is 2.65. The van der Waals surface area contributed by atoms with Crippen LogP contribution >= 0.6 is 22.9 Å². The molecule has 1 saturated heterocycles. The van der Waals surface area contributed by atoms with Crippen LogP contribution < -0.4 is 8.85 Å². The van der Waals surface area contributed by atoms with Gasteiger partial charge in [-0.05, 0) is 30.5 Å². The van der Waals surface area contributed by atoms with Crippen molar-refractivity contribution < 1.29 is 4.79 Å². The summed E-state index contributed by atoms with van der Waals surface area (Å²) in [6, 6.07) is 20.4. The van der Waals surface area contributed by atoms with Crippen LogP contribution in [0, 0.1) is 0 Å². The molecular weight excluding hydrogens is 413 g/mol. The highest BCUT2D eigenvalue weighted by molar-refractivity contribution is 14.1. The van der Waals surface area contributed by atoms with E-state index >= 15 is 0 Å². The lowest BCUT2D eigenvalue weighted by atomic mass is 9.86. The molecule has 1 fully saturated rings. The maximum atomic E-state index is 12.3. The maximum absolute atomic E-state index is 12.3. The molecule has 2 N–H and O–H groups in total. The van der Waals surface area contributed by atoms with E-state index in [4.69, 9.17) is 5.73 Å². The number of nitrogens with two attached hydrogens (primary N) is 1. The van der Waals surface area contributed by atoms with Crippen LogP contribution in [0.5, 0.6) is 0 Å². The molecule has 1 aliphatic rings. The van der Waals surface area contributed by atoms with Crippen LogP contribution in [0.4, 0.5) is 5.69 Å². The van der Waals surface area contributed by atoms with E-state index in [1.165, 1.54) is 5.56 Å². The highest BCUT2D eigenvalue weighted by Crippen LogP contribution is 2.36. The van der Waals surface area contributed by atoms with E-state index in [2.05, 4.69) is 52.0 Å². The van der Waals surface area contributed by atoms with E-state index in [1.54, 1.807) is 0 Å². The fourth-order valence-corrected chi connectivity index (χ4v) is 4.31. The molecule has 0 bridgehead atoms. The zero-order valence-electron chi connectivity index (χ0n) is 13.6. The van der Waals surface area contributed by atoms with E-state index in [1.807, 2.05) is 39.5 Å². The van der Waals surface area contributed by atoms with Crippen LogP contribution in [-0.2, 0) is 11.3 Å². The zero-order chi connectivity index (χ0) is 17.0. The molecule has 1 heterocycles. The first kappa shape index (κ1) is 17.2. The molecule has 1 aliphatic heterocycles.